The number of sulfonamides is 1. The van der Waals surface area contributed by atoms with Crippen LogP contribution in [0.25, 0.3) is 0 Å². The Bertz CT molecular complexity index is 379. The number of imide groups is 1. The first kappa shape index (κ1) is 11.3. The second-order valence-electron chi connectivity index (χ2n) is 3.05. The first-order valence-electron chi connectivity index (χ1n) is 3.75. The molecule has 0 N–H and O–H groups in total. The number of carbonyl (C=O) groups excluding carboxylic acids is 2. The van der Waals surface area contributed by atoms with Crippen LogP contribution >= 0.6 is 11.6 Å². The lowest BCUT2D eigenvalue weighted by atomic mass is 10.3. The molecule has 0 bridgehead atoms. The van der Waals surface area contributed by atoms with Crippen LogP contribution in [0.1, 0.15) is 6.92 Å². The maximum atomic E-state index is 11.4. The van der Waals surface area contributed by atoms with Gasteiger partial charge in [0.2, 0.25) is 10.0 Å². The molecule has 0 aromatic rings. The Kier molecular flexibility index (Phi) is 2.73. The lowest BCUT2D eigenvalue weighted by molar-refractivity contribution is 0.200. The second kappa shape index (κ2) is 3.39. The SMILES string of the molecule is CC1CN(S(C)(=O)=O)C(=O)N1C(=O)Cl. The lowest BCUT2D eigenvalue weighted by Gasteiger charge is -2.13. The number of nitrogens with zero attached hydrogens (tertiary/aromatic N) is 2. The Balaban J connectivity index is 3.02. The molecule has 0 aromatic heterocycles. The van der Waals surface area contributed by atoms with E-state index in [0.29, 0.717) is 9.21 Å². The summed E-state index contributed by atoms with van der Waals surface area (Å²) in [4.78, 5) is 22.9. The summed E-state index contributed by atoms with van der Waals surface area (Å²) in [5, 5.41) is -0.964. The molecule has 1 heterocycles. The molecule has 1 aliphatic rings. The van der Waals surface area contributed by atoms with Gasteiger partial charge < -0.3 is 0 Å². The normalized spacial score (nSPS) is 23.1. The van der Waals surface area contributed by atoms with Gasteiger partial charge in [0.05, 0.1) is 18.8 Å². The standard InChI is InChI=1S/C6H9ClN2O4S/c1-4-3-8(14(2,12)13)6(11)9(4)5(7)10/h4H,3H2,1-2H3. The van der Waals surface area contributed by atoms with Crippen LogP contribution in [0.5, 0.6) is 0 Å². The van der Waals surface area contributed by atoms with Crippen molar-refractivity contribution in [1.82, 2.24) is 9.21 Å². The topological polar surface area (TPSA) is 74.8 Å². The molecule has 3 amide bonds. The highest BCUT2D eigenvalue weighted by molar-refractivity contribution is 7.88. The zero-order valence-electron chi connectivity index (χ0n) is 7.60. The highest BCUT2D eigenvalue weighted by Crippen LogP contribution is 2.19. The van der Waals surface area contributed by atoms with Crippen LogP contribution in [0.3, 0.4) is 0 Å². The van der Waals surface area contributed by atoms with Crippen LogP contribution < -0.4 is 0 Å². The molecular weight excluding hydrogens is 232 g/mol. The van der Waals surface area contributed by atoms with Gasteiger partial charge in [-0.25, -0.2) is 22.4 Å². The molecule has 14 heavy (non-hydrogen) atoms. The van der Waals surface area contributed by atoms with Crippen LogP contribution in [0.15, 0.2) is 0 Å². The quantitative estimate of drug-likeness (QED) is 0.492. The molecule has 1 aliphatic heterocycles. The summed E-state index contributed by atoms with van der Waals surface area (Å²) in [6, 6.07) is -1.41. The fourth-order valence-electron chi connectivity index (χ4n) is 1.23. The van der Waals surface area contributed by atoms with E-state index in [1.165, 1.54) is 0 Å². The number of halogens is 1. The summed E-state index contributed by atoms with van der Waals surface area (Å²) in [7, 11) is -3.62. The number of hydrogen-bond acceptors (Lipinski definition) is 4. The molecular formula is C6H9ClN2O4S. The molecule has 0 aromatic carbocycles. The number of rotatable bonds is 1. The summed E-state index contributed by atoms with van der Waals surface area (Å²) in [5.74, 6) is 0. The molecule has 0 radical (unpaired) electrons. The predicted octanol–water partition coefficient (Wildman–Crippen LogP) is 0.431. The van der Waals surface area contributed by atoms with Crippen molar-refractivity contribution in [3.8, 4) is 0 Å². The molecule has 1 atom stereocenters. The van der Waals surface area contributed by atoms with Gasteiger partial charge in [0.25, 0.3) is 0 Å². The lowest BCUT2D eigenvalue weighted by Crippen LogP contribution is -2.37. The summed E-state index contributed by atoms with van der Waals surface area (Å²) >= 11 is 5.13. The largest absolute Gasteiger partial charge is 0.341 e. The van der Waals surface area contributed by atoms with Crippen LogP contribution in [-0.2, 0) is 10.0 Å². The van der Waals surface area contributed by atoms with Gasteiger partial charge in [0.15, 0.2) is 0 Å². The fraction of sp³-hybridized carbons (Fsp3) is 0.667. The van der Waals surface area contributed by atoms with Crippen molar-refractivity contribution in [3.63, 3.8) is 0 Å². The van der Waals surface area contributed by atoms with E-state index in [0.717, 1.165) is 6.26 Å². The minimum Gasteiger partial charge on any atom is -0.255 e. The van der Waals surface area contributed by atoms with Gasteiger partial charge in [-0.15, -0.1) is 0 Å². The second-order valence-corrected chi connectivity index (χ2v) is 5.28. The van der Waals surface area contributed by atoms with E-state index < -0.39 is 27.5 Å². The van der Waals surface area contributed by atoms with Crippen LogP contribution in [0.2, 0.25) is 0 Å². The van der Waals surface area contributed by atoms with Crippen molar-refractivity contribution < 1.29 is 18.0 Å². The molecule has 80 valence electrons. The van der Waals surface area contributed by atoms with E-state index in [-0.39, 0.29) is 6.54 Å². The third-order valence-electron chi connectivity index (χ3n) is 1.88. The molecule has 6 nitrogen and oxygen atoms in total. The smallest absolute Gasteiger partial charge is 0.255 e. The van der Waals surface area contributed by atoms with Crippen molar-refractivity contribution in [2.24, 2.45) is 0 Å². The van der Waals surface area contributed by atoms with Gasteiger partial charge in [-0.3, -0.25) is 4.79 Å². The highest BCUT2D eigenvalue weighted by atomic mass is 35.5. The van der Waals surface area contributed by atoms with E-state index in [1.807, 2.05) is 0 Å². The Labute approximate surface area is 86.5 Å². The highest BCUT2D eigenvalue weighted by Gasteiger charge is 2.42. The number of carbonyl (C=O) groups is 2. The van der Waals surface area contributed by atoms with Gasteiger partial charge >= 0.3 is 11.4 Å². The first-order chi connectivity index (χ1) is 6.25. The van der Waals surface area contributed by atoms with Crippen LogP contribution in [-0.4, -0.2) is 47.9 Å². The minimum atomic E-state index is -3.62. The predicted molar refractivity (Wildman–Crippen MR) is 49.5 cm³/mol. The van der Waals surface area contributed by atoms with E-state index in [1.54, 1.807) is 6.92 Å². The van der Waals surface area contributed by atoms with Crippen LogP contribution in [0.4, 0.5) is 9.59 Å². The maximum Gasteiger partial charge on any atom is 0.341 e. The Hall–Kier alpha value is -0.820. The number of amides is 3. The third kappa shape index (κ3) is 1.83. The monoisotopic (exact) mass is 240 g/mol. The Morgan fingerprint density at radius 3 is 2.29 bits per heavy atom. The molecule has 1 unspecified atom stereocenters. The summed E-state index contributed by atoms with van der Waals surface area (Å²) in [6.45, 7) is 1.50. The van der Waals surface area contributed by atoms with Gasteiger partial charge in [-0.1, -0.05) is 0 Å². The van der Waals surface area contributed by atoms with Crippen molar-refractivity contribution in [2.45, 2.75) is 13.0 Å². The van der Waals surface area contributed by atoms with Gasteiger partial charge in [-0.2, -0.15) is 0 Å². The van der Waals surface area contributed by atoms with Gasteiger partial charge in [0, 0.05) is 0 Å². The van der Waals surface area contributed by atoms with Crippen molar-refractivity contribution in [1.29, 1.82) is 0 Å². The zero-order valence-corrected chi connectivity index (χ0v) is 9.17. The van der Waals surface area contributed by atoms with E-state index in [9.17, 15) is 18.0 Å². The molecule has 1 saturated heterocycles. The van der Waals surface area contributed by atoms with E-state index in [4.69, 9.17) is 11.6 Å². The maximum absolute atomic E-state index is 11.4. The molecule has 0 saturated carbocycles. The number of urea groups is 1. The van der Waals surface area contributed by atoms with Gasteiger partial charge in [0.1, 0.15) is 0 Å². The van der Waals surface area contributed by atoms with E-state index >= 15 is 0 Å². The van der Waals surface area contributed by atoms with Crippen molar-refractivity contribution >= 4 is 33.0 Å². The molecule has 1 fully saturated rings. The minimum absolute atomic E-state index is 0.0455. The Morgan fingerprint density at radius 2 is 2.07 bits per heavy atom. The summed E-state index contributed by atoms with van der Waals surface area (Å²) in [5.41, 5.74) is 0. The average Bonchev–Trinajstić information content (AvgIpc) is 2.24. The van der Waals surface area contributed by atoms with Crippen molar-refractivity contribution in [3.05, 3.63) is 0 Å². The average molecular weight is 241 g/mol. The fourth-order valence-corrected chi connectivity index (χ4v) is 2.33. The molecule has 0 aliphatic carbocycles. The zero-order chi connectivity index (χ0) is 11.1. The first-order valence-corrected chi connectivity index (χ1v) is 5.98. The number of hydrogen-bond donors (Lipinski definition) is 0. The summed E-state index contributed by atoms with van der Waals surface area (Å²) < 4.78 is 22.8. The molecule has 1 rings (SSSR count). The third-order valence-corrected chi connectivity index (χ3v) is 3.17. The van der Waals surface area contributed by atoms with E-state index in [2.05, 4.69) is 0 Å². The molecule has 8 heteroatoms. The van der Waals surface area contributed by atoms with Gasteiger partial charge in [-0.05, 0) is 18.5 Å². The Morgan fingerprint density at radius 1 is 1.57 bits per heavy atom. The summed E-state index contributed by atoms with van der Waals surface area (Å²) in [6.07, 6.45) is 0.903. The van der Waals surface area contributed by atoms with Crippen molar-refractivity contribution in [2.75, 3.05) is 12.8 Å². The molecule has 0 spiro atoms. The van der Waals surface area contributed by atoms with Crippen LogP contribution in [0, 0.1) is 0 Å².